The van der Waals surface area contributed by atoms with Crippen molar-refractivity contribution in [3.8, 4) is 0 Å². The molecule has 0 aromatic heterocycles. The smallest absolute Gasteiger partial charge is 0.317 e. The molecule has 118 valence electrons. The molecule has 3 rings (SSSR count). The van der Waals surface area contributed by atoms with E-state index in [9.17, 15) is 14.7 Å². The third-order valence-electron chi connectivity index (χ3n) is 5.88. The highest BCUT2D eigenvalue weighted by atomic mass is 16.4. The molecule has 3 fully saturated rings. The minimum atomic E-state index is -0.784. The maximum atomic E-state index is 12.3. The van der Waals surface area contributed by atoms with Gasteiger partial charge in [-0.05, 0) is 49.9 Å². The summed E-state index contributed by atoms with van der Waals surface area (Å²) >= 11 is 0. The van der Waals surface area contributed by atoms with Crippen LogP contribution >= 0.6 is 0 Å². The van der Waals surface area contributed by atoms with Crippen molar-refractivity contribution in [3.63, 3.8) is 0 Å². The second-order valence-corrected chi connectivity index (χ2v) is 7.25. The van der Waals surface area contributed by atoms with Crippen LogP contribution < -0.4 is 5.32 Å². The minimum Gasteiger partial charge on any atom is -0.481 e. The highest BCUT2D eigenvalue weighted by molar-refractivity contribution is 5.77. The van der Waals surface area contributed by atoms with Crippen molar-refractivity contribution >= 4 is 12.0 Å². The summed E-state index contributed by atoms with van der Waals surface area (Å²) in [7, 11) is 1.84. The quantitative estimate of drug-likeness (QED) is 0.836. The minimum absolute atomic E-state index is 0.101. The molecule has 2 N–H and O–H groups in total. The molecular formula is C16H26N2O3. The van der Waals surface area contributed by atoms with Crippen LogP contribution in [-0.4, -0.2) is 41.6 Å². The van der Waals surface area contributed by atoms with Gasteiger partial charge in [-0.15, -0.1) is 0 Å². The zero-order valence-electron chi connectivity index (χ0n) is 12.8. The van der Waals surface area contributed by atoms with Gasteiger partial charge in [-0.25, -0.2) is 4.79 Å². The monoisotopic (exact) mass is 294 g/mol. The first-order valence-electron chi connectivity index (χ1n) is 8.29. The number of nitrogens with zero attached hydrogens (tertiary/aromatic N) is 1. The lowest BCUT2D eigenvalue weighted by molar-refractivity contribution is -0.142. The number of hydrogen-bond donors (Lipinski definition) is 2. The van der Waals surface area contributed by atoms with E-state index in [0.29, 0.717) is 12.3 Å². The summed E-state index contributed by atoms with van der Waals surface area (Å²) in [6.07, 6.45) is 7.67. The van der Waals surface area contributed by atoms with Crippen molar-refractivity contribution in [2.45, 2.75) is 51.0 Å². The molecule has 5 nitrogen and oxygen atoms in total. The van der Waals surface area contributed by atoms with Crippen LogP contribution in [0.2, 0.25) is 0 Å². The van der Waals surface area contributed by atoms with Gasteiger partial charge in [-0.1, -0.05) is 12.8 Å². The topological polar surface area (TPSA) is 69.6 Å². The first-order valence-corrected chi connectivity index (χ1v) is 8.29. The molecule has 2 amide bonds. The van der Waals surface area contributed by atoms with Gasteiger partial charge in [0.1, 0.15) is 0 Å². The fourth-order valence-corrected chi connectivity index (χ4v) is 4.73. The van der Waals surface area contributed by atoms with Crippen molar-refractivity contribution in [2.24, 2.45) is 23.7 Å². The lowest BCUT2D eigenvalue weighted by Gasteiger charge is -2.29. The summed E-state index contributed by atoms with van der Waals surface area (Å²) < 4.78 is 0. The van der Waals surface area contributed by atoms with Gasteiger partial charge in [0, 0.05) is 19.6 Å². The highest BCUT2D eigenvalue weighted by Gasteiger charge is 2.40. The third-order valence-corrected chi connectivity index (χ3v) is 5.88. The maximum absolute atomic E-state index is 12.3. The van der Waals surface area contributed by atoms with Crippen LogP contribution in [0.3, 0.4) is 0 Å². The SMILES string of the molecule is CN(CC1CC2CCC1C2)C(=O)NC1CCCC1C(=O)O. The van der Waals surface area contributed by atoms with Gasteiger partial charge in [0.15, 0.2) is 0 Å². The highest BCUT2D eigenvalue weighted by Crippen LogP contribution is 2.48. The second-order valence-electron chi connectivity index (χ2n) is 7.25. The number of carboxylic acids is 1. The van der Waals surface area contributed by atoms with Crippen molar-refractivity contribution in [1.29, 1.82) is 0 Å². The molecular weight excluding hydrogens is 268 g/mol. The lowest BCUT2D eigenvalue weighted by Crippen LogP contribution is -2.47. The molecule has 2 bridgehead atoms. The van der Waals surface area contributed by atoms with Gasteiger partial charge >= 0.3 is 12.0 Å². The van der Waals surface area contributed by atoms with Crippen LogP contribution in [0.4, 0.5) is 4.79 Å². The average molecular weight is 294 g/mol. The van der Waals surface area contributed by atoms with Crippen LogP contribution in [-0.2, 0) is 4.79 Å². The largest absolute Gasteiger partial charge is 0.481 e. The van der Waals surface area contributed by atoms with E-state index in [4.69, 9.17) is 0 Å². The van der Waals surface area contributed by atoms with Gasteiger partial charge < -0.3 is 15.3 Å². The molecule has 0 heterocycles. The molecule has 0 saturated heterocycles. The third kappa shape index (κ3) is 3.01. The fraction of sp³-hybridized carbons (Fsp3) is 0.875. The summed E-state index contributed by atoms with van der Waals surface area (Å²) in [6.45, 7) is 0.817. The number of urea groups is 1. The number of fused-ring (bicyclic) bond motifs is 2. The first kappa shape index (κ1) is 14.7. The normalized spacial score (nSPS) is 37.7. The Balaban J connectivity index is 1.49. The zero-order valence-corrected chi connectivity index (χ0v) is 12.8. The summed E-state index contributed by atoms with van der Waals surface area (Å²) in [4.78, 5) is 25.2. The number of hydrogen-bond acceptors (Lipinski definition) is 2. The Morgan fingerprint density at radius 1 is 1.19 bits per heavy atom. The predicted molar refractivity (Wildman–Crippen MR) is 78.9 cm³/mol. The van der Waals surface area contributed by atoms with Gasteiger partial charge in [-0.2, -0.15) is 0 Å². The Hall–Kier alpha value is -1.26. The second kappa shape index (κ2) is 5.85. The van der Waals surface area contributed by atoms with E-state index in [1.807, 2.05) is 7.05 Å². The Bertz CT molecular complexity index is 426. The summed E-state index contributed by atoms with van der Waals surface area (Å²) in [5.74, 6) is 1.16. The molecule has 5 unspecified atom stereocenters. The van der Waals surface area contributed by atoms with Gasteiger partial charge in [0.05, 0.1) is 5.92 Å². The van der Waals surface area contributed by atoms with E-state index in [2.05, 4.69) is 5.32 Å². The Morgan fingerprint density at radius 2 is 2.00 bits per heavy atom. The van der Waals surface area contributed by atoms with Crippen molar-refractivity contribution in [2.75, 3.05) is 13.6 Å². The number of aliphatic carboxylic acids is 1. The van der Waals surface area contributed by atoms with Crippen LogP contribution in [0.15, 0.2) is 0 Å². The van der Waals surface area contributed by atoms with E-state index < -0.39 is 11.9 Å². The summed E-state index contributed by atoms with van der Waals surface area (Å²) in [6, 6.07) is -0.298. The number of nitrogens with one attached hydrogen (secondary N) is 1. The number of carboxylic acid groups (broad SMARTS) is 1. The Labute approximate surface area is 126 Å². The Kier molecular flexibility index (Phi) is 4.09. The van der Waals surface area contributed by atoms with Crippen LogP contribution in [0.1, 0.15) is 44.9 Å². The molecule has 3 aliphatic carbocycles. The maximum Gasteiger partial charge on any atom is 0.317 e. The van der Waals surface area contributed by atoms with E-state index in [1.54, 1.807) is 4.90 Å². The van der Waals surface area contributed by atoms with E-state index in [1.165, 1.54) is 25.7 Å². The first-order chi connectivity index (χ1) is 10.0. The fourth-order valence-electron chi connectivity index (χ4n) is 4.73. The number of carbonyl (C=O) groups is 2. The van der Waals surface area contributed by atoms with E-state index in [-0.39, 0.29) is 12.1 Å². The standard InChI is InChI=1S/C16H26N2O3/c1-18(9-12-8-10-5-6-11(12)7-10)16(21)17-14-4-2-3-13(14)15(19)20/h10-14H,2-9H2,1H3,(H,17,21)(H,19,20). The van der Waals surface area contributed by atoms with Crippen molar-refractivity contribution in [3.05, 3.63) is 0 Å². The van der Waals surface area contributed by atoms with Gasteiger partial charge in [-0.3, -0.25) is 4.79 Å². The van der Waals surface area contributed by atoms with Crippen LogP contribution in [0.25, 0.3) is 0 Å². The molecule has 0 aromatic carbocycles. The summed E-state index contributed by atoms with van der Waals surface area (Å²) in [5, 5.41) is 12.1. The molecule has 0 radical (unpaired) electrons. The number of amides is 2. The summed E-state index contributed by atoms with van der Waals surface area (Å²) in [5.41, 5.74) is 0. The number of carbonyl (C=O) groups excluding carboxylic acids is 1. The van der Waals surface area contributed by atoms with Gasteiger partial charge in [0.25, 0.3) is 0 Å². The molecule has 0 aromatic rings. The van der Waals surface area contributed by atoms with E-state index in [0.717, 1.165) is 31.2 Å². The molecule has 3 saturated carbocycles. The van der Waals surface area contributed by atoms with Crippen LogP contribution in [0, 0.1) is 23.7 Å². The van der Waals surface area contributed by atoms with Crippen LogP contribution in [0.5, 0.6) is 0 Å². The molecule has 0 aliphatic heterocycles. The molecule has 5 atom stereocenters. The number of rotatable bonds is 4. The average Bonchev–Trinajstić information content (AvgIpc) is 3.13. The predicted octanol–water partition coefficient (Wildman–Crippen LogP) is 2.32. The Morgan fingerprint density at radius 3 is 2.62 bits per heavy atom. The molecule has 5 heteroatoms. The van der Waals surface area contributed by atoms with E-state index >= 15 is 0 Å². The van der Waals surface area contributed by atoms with Crippen molar-refractivity contribution in [1.82, 2.24) is 10.2 Å². The lowest BCUT2D eigenvalue weighted by atomic mass is 9.88. The van der Waals surface area contributed by atoms with Gasteiger partial charge in [0.2, 0.25) is 0 Å². The zero-order chi connectivity index (χ0) is 15.0. The molecule has 3 aliphatic rings. The molecule has 0 spiro atoms. The molecule has 21 heavy (non-hydrogen) atoms. The van der Waals surface area contributed by atoms with Crippen molar-refractivity contribution < 1.29 is 14.7 Å².